The van der Waals surface area contributed by atoms with Gasteiger partial charge < -0.3 is 48.5 Å². The molecule has 2 aliphatic rings. The Morgan fingerprint density at radius 3 is 1.48 bits per heavy atom. The Kier molecular flexibility index (Phi) is 21.9. The lowest BCUT2D eigenvalue weighted by atomic mass is 10.0. The first-order valence-electron chi connectivity index (χ1n) is 28.8. The summed E-state index contributed by atoms with van der Waals surface area (Å²) in [5.41, 5.74) is 8.22. The predicted octanol–water partition coefficient (Wildman–Crippen LogP) is 11.7. The highest BCUT2D eigenvalue weighted by molar-refractivity contribution is 6.29. The van der Waals surface area contributed by atoms with Gasteiger partial charge in [0.2, 0.25) is 0 Å². The van der Waals surface area contributed by atoms with E-state index >= 15 is 0 Å². The van der Waals surface area contributed by atoms with Crippen molar-refractivity contribution >= 4 is 29.4 Å². The number of rotatable bonds is 18. The van der Waals surface area contributed by atoms with E-state index in [-0.39, 0.29) is 96.5 Å². The second kappa shape index (κ2) is 29.1. The molecular weight excluding hydrogens is 1180 g/mol. The van der Waals surface area contributed by atoms with E-state index in [1.807, 2.05) is 55.4 Å². The third-order valence-electron chi connectivity index (χ3n) is 13.1. The fourth-order valence-corrected chi connectivity index (χ4v) is 9.90. The van der Waals surface area contributed by atoms with Crippen LogP contribution in [0.1, 0.15) is 119 Å². The summed E-state index contributed by atoms with van der Waals surface area (Å²) in [6.07, 6.45) is 6.93. The first kappa shape index (κ1) is 66.9. The van der Waals surface area contributed by atoms with Crippen molar-refractivity contribution in [3.05, 3.63) is 137 Å². The molecule has 22 nitrogen and oxygen atoms in total. The second-order valence-electron chi connectivity index (χ2n) is 23.9. The summed E-state index contributed by atoms with van der Waals surface area (Å²) >= 11 is 5.72. The van der Waals surface area contributed by atoms with Crippen LogP contribution in [0.4, 0.5) is 23.4 Å². The topological polar surface area (TPSA) is 267 Å². The molecule has 0 unspecified atom stereocenters. The van der Waals surface area contributed by atoms with Crippen molar-refractivity contribution in [1.82, 2.24) is 49.8 Å². The Morgan fingerprint density at radius 1 is 0.618 bits per heavy atom. The number of benzene rings is 2. The highest BCUT2D eigenvalue weighted by Gasteiger charge is 2.38. The molecule has 27 heteroatoms. The van der Waals surface area contributed by atoms with E-state index in [1.54, 1.807) is 83.9 Å². The smallest absolute Gasteiger partial charge is 0.308 e. The Balaban J connectivity index is 0.000000192. The molecule has 2 saturated heterocycles. The van der Waals surface area contributed by atoms with E-state index in [9.17, 15) is 27.2 Å². The molecule has 6 aromatic heterocycles. The summed E-state index contributed by atoms with van der Waals surface area (Å²) in [4.78, 5) is 40.5. The lowest BCUT2D eigenvalue weighted by molar-refractivity contribution is -0.301. The first-order chi connectivity index (χ1) is 42.1. The molecule has 0 saturated carbocycles. The van der Waals surface area contributed by atoms with Crippen LogP contribution in [0.15, 0.2) is 107 Å². The lowest BCUT2D eigenvalue weighted by Crippen LogP contribution is -2.46. The molecule has 10 rings (SSSR count). The van der Waals surface area contributed by atoms with Crippen LogP contribution in [-0.4, -0.2) is 122 Å². The maximum atomic E-state index is 14.8. The van der Waals surface area contributed by atoms with Crippen LogP contribution < -0.4 is 11.1 Å². The van der Waals surface area contributed by atoms with E-state index in [0.717, 1.165) is 18.8 Å². The summed E-state index contributed by atoms with van der Waals surface area (Å²) in [5.74, 6) is -3.90. The van der Waals surface area contributed by atoms with Gasteiger partial charge in [-0.1, -0.05) is 58.3 Å². The molecule has 0 aliphatic carbocycles. The summed E-state index contributed by atoms with van der Waals surface area (Å²) in [7, 11) is 0. The number of esters is 2. The van der Waals surface area contributed by atoms with E-state index in [2.05, 4.69) is 45.8 Å². The summed E-state index contributed by atoms with van der Waals surface area (Å²) in [6, 6.07) is 19.4. The van der Waals surface area contributed by atoms with Crippen LogP contribution in [-0.2, 0) is 51.1 Å². The van der Waals surface area contributed by atoms with Crippen molar-refractivity contribution in [1.29, 1.82) is 0 Å². The standard InChI is InChI=1S/C31H36F2N6O5.C17H10ClF2N5O.C14H27NO4/c1-30(2,3)44-27(40)15-21-14-20(42-31(4,5)43-21)10-12-34-28-23(33)17-35-29(36-28)25-16-26(24-11-13-41-38-24)39(37-25)18-19-8-6-7-9-22(19)32;18-16-12(20)8-21-17(22-16)14-7-15(13-5-6-26-24-13)25(23-14)9-10-3-1-2-4-11(10)19;1-13(2,3)19-12(16)9-11-8-10(6-7-15)17-14(4,5)18-11/h6-9,11,13,16-17,20-21H,10,12,14-15,18H2,1-5H3,(H,34,35,36);1-8H,9H2;10-11H,6-9,15H2,1-5H3/t20-,21-;;10-,11-/m1.1/s1. The Morgan fingerprint density at radius 2 is 1.06 bits per heavy atom. The largest absolute Gasteiger partial charge is 0.460 e. The number of ether oxygens (including phenoxy) is 6. The third-order valence-corrected chi connectivity index (χ3v) is 13.4. The SMILES string of the molecule is CC(C)(C)OC(=O)C[C@H]1C[C@@H](CCN)OC(C)(C)O1.CC(C)(C)OC(=O)C[C@H]1C[C@@H](CCNc2nc(-c3cc(-c4ccon4)n(Cc4ccccc4F)n3)ncc2F)OC(C)(C)O1.Fc1ccccc1Cn1nc(-c2ncc(F)c(Cl)n2)cc1-c1ccon1. The van der Waals surface area contributed by atoms with E-state index in [0.29, 0.717) is 77.6 Å². The molecule has 2 aliphatic heterocycles. The van der Waals surface area contributed by atoms with Crippen LogP contribution in [0.2, 0.25) is 5.15 Å². The second-order valence-corrected chi connectivity index (χ2v) is 24.3. The number of anilines is 1. The number of aromatic nitrogens is 10. The number of nitrogens with zero attached hydrogens (tertiary/aromatic N) is 10. The highest BCUT2D eigenvalue weighted by atomic mass is 35.5. The zero-order chi connectivity index (χ0) is 64.3. The number of nitrogens with two attached hydrogens (primary N) is 1. The molecular formula is C62H73ClF4N12O10. The minimum absolute atomic E-state index is 0.00161. The Labute approximate surface area is 517 Å². The molecule has 2 aromatic carbocycles. The van der Waals surface area contributed by atoms with Gasteiger partial charge in [0.15, 0.2) is 45.8 Å². The number of nitrogens with one attached hydrogen (secondary N) is 1. The molecule has 3 N–H and O–H groups in total. The Bertz CT molecular complexity index is 3630. The van der Waals surface area contributed by atoms with Crippen molar-refractivity contribution in [3.8, 4) is 45.8 Å². The minimum atomic E-state index is -0.897. The Hall–Kier alpha value is -8.01. The molecule has 4 atom stereocenters. The van der Waals surface area contributed by atoms with Crippen molar-refractivity contribution in [2.45, 2.75) is 168 Å². The predicted molar refractivity (Wildman–Crippen MR) is 318 cm³/mol. The van der Waals surface area contributed by atoms with Gasteiger partial charge in [0.1, 0.15) is 58.1 Å². The van der Waals surface area contributed by atoms with Crippen molar-refractivity contribution in [2.24, 2.45) is 5.73 Å². The van der Waals surface area contributed by atoms with Crippen LogP contribution in [0, 0.1) is 23.3 Å². The maximum absolute atomic E-state index is 14.8. The number of hydrogen-bond acceptors (Lipinski definition) is 20. The van der Waals surface area contributed by atoms with E-state index in [4.69, 9.17) is 54.8 Å². The normalized spacial score (nSPS) is 18.0. The van der Waals surface area contributed by atoms with Crippen molar-refractivity contribution in [2.75, 3.05) is 18.4 Å². The van der Waals surface area contributed by atoms with Gasteiger partial charge in [-0.05, 0) is 113 Å². The molecule has 0 bridgehead atoms. The van der Waals surface area contributed by atoms with E-state index in [1.165, 1.54) is 24.7 Å². The first-order valence-corrected chi connectivity index (χ1v) is 29.2. The van der Waals surface area contributed by atoms with Crippen molar-refractivity contribution < 1.29 is 64.6 Å². The average Bonchev–Trinajstić information content (AvgIpc) is 3.43. The summed E-state index contributed by atoms with van der Waals surface area (Å²) < 4.78 is 104. The molecule has 89 heavy (non-hydrogen) atoms. The van der Waals surface area contributed by atoms with Crippen LogP contribution >= 0.6 is 11.6 Å². The van der Waals surface area contributed by atoms with Crippen LogP contribution in [0.25, 0.3) is 45.8 Å². The number of halogens is 5. The van der Waals surface area contributed by atoms with Crippen LogP contribution in [0.5, 0.6) is 0 Å². The van der Waals surface area contributed by atoms with E-state index < -0.39 is 34.4 Å². The fraction of sp³-hybridized carbons (Fsp3) is 0.452. The average molecular weight is 1260 g/mol. The van der Waals surface area contributed by atoms with Crippen LogP contribution in [0.3, 0.4) is 0 Å². The molecule has 0 radical (unpaired) electrons. The third kappa shape index (κ3) is 19.7. The number of hydrogen-bond donors (Lipinski definition) is 2. The van der Waals surface area contributed by atoms with Crippen molar-refractivity contribution in [3.63, 3.8) is 0 Å². The quantitative estimate of drug-likeness (QED) is 0.0459. The van der Waals surface area contributed by atoms with Gasteiger partial charge >= 0.3 is 11.9 Å². The fourth-order valence-electron chi connectivity index (χ4n) is 9.77. The van der Waals surface area contributed by atoms with Gasteiger partial charge in [-0.2, -0.15) is 10.2 Å². The van der Waals surface area contributed by atoms with Gasteiger partial charge in [-0.3, -0.25) is 19.0 Å². The number of carbonyl (C=O) groups is 2. The lowest BCUT2D eigenvalue weighted by Gasteiger charge is -2.40. The summed E-state index contributed by atoms with van der Waals surface area (Å²) in [6.45, 7) is 19.5. The van der Waals surface area contributed by atoms with Gasteiger partial charge in [-0.15, -0.1) is 0 Å². The monoisotopic (exact) mass is 1260 g/mol. The van der Waals surface area contributed by atoms with Gasteiger partial charge in [-0.25, -0.2) is 37.5 Å². The summed E-state index contributed by atoms with van der Waals surface area (Å²) in [5, 5.41) is 19.6. The molecule has 0 amide bonds. The minimum Gasteiger partial charge on any atom is -0.460 e. The molecule has 2 fully saturated rings. The van der Waals surface area contributed by atoms with Gasteiger partial charge in [0, 0.05) is 42.6 Å². The number of carbonyl (C=O) groups excluding carboxylic acids is 2. The highest BCUT2D eigenvalue weighted by Crippen LogP contribution is 2.33. The molecule has 8 heterocycles. The zero-order valence-corrected chi connectivity index (χ0v) is 51.9. The van der Waals surface area contributed by atoms with Gasteiger partial charge in [0.05, 0.1) is 74.1 Å². The van der Waals surface area contributed by atoms with Gasteiger partial charge in [0.25, 0.3) is 0 Å². The molecule has 8 aromatic rings. The maximum Gasteiger partial charge on any atom is 0.308 e. The molecule has 476 valence electrons. The molecule has 0 spiro atoms. The zero-order valence-electron chi connectivity index (χ0n) is 51.1.